The first kappa shape index (κ1) is 12.5. The Hall–Kier alpha value is -0.610. The van der Waals surface area contributed by atoms with Crippen LogP contribution in [0.3, 0.4) is 0 Å². The fraction of sp³-hybridized carbons (Fsp3) is 0.909. The molecule has 1 saturated heterocycles. The Morgan fingerprint density at radius 3 is 2.80 bits per heavy atom. The molecule has 1 fully saturated rings. The van der Waals surface area contributed by atoms with Crippen molar-refractivity contribution in [2.24, 2.45) is 5.41 Å². The molecule has 2 unspecified atom stereocenters. The van der Waals surface area contributed by atoms with Crippen LogP contribution in [0, 0.1) is 5.41 Å². The molecule has 0 saturated carbocycles. The van der Waals surface area contributed by atoms with Crippen molar-refractivity contribution in [1.29, 1.82) is 0 Å². The first-order chi connectivity index (χ1) is 6.99. The van der Waals surface area contributed by atoms with Gasteiger partial charge in [-0.2, -0.15) is 0 Å². The zero-order valence-corrected chi connectivity index (χ0v) is 10.2. The highest BCUT2D eigenvalue weighted by molar-refractivity contribution is 5.76. The standard InChI is InChI=1S/C11H22N2O2/c1-5-15-10(14)11(2)6-7-12-9(8-11)13(3)4/h9,12H,5-8H2,1-4H3. The molecule has 1 N–H and O–H groups in total. The van der Waals surface area contributed by atoms with Crippen molar-refractivity contribution in [3.05, 3.63) is 0 Å². The van der Waals surface area contributed by atoms with Gasteiger partial charge in [0.05, 0.1) is 18.2 Å². The van der Waals surface area contributed by atoms with Crippen molar-refractivity contribution in [1.82, 2.24) is 10.2 Å². The molecule has 0 bridgehead atoms. The van der Waals surface area contributed by atoms with E-state index in [1.165, 1.54) is 0 Å². The number of carbonyl (C=O) groups is 1. The lowest BCUT2D eigenvalue weighted by molar-refractivity contribution is -0.157. The maximum Gasteiger partial charge on any atom is 0.311 e. The summed E-state index contributed by atoms with van der Waals surface area (Å²) in [7, 11) is 4.04. The van der Waals surface area contributed by atoms with Gasteiger partial charge in [-0.05, 0) is 47.3 Å². The van der Waals surface area contributed by atoms with E-state index >= 15 is 0 Å². The second-order valence-electron chi connectivity index (χ2n) is 4.67. The van der Waals surface area contributed by atoms with Crippen LogP contribution < -0.4 is 5.32 Å². The summed E-state index contributed by atoms with van der Waals surface area (Å²) in [5.74, 6) is -0.0571. The smallest absolute Gasteiger partial charge is 0.311 e. The second kappa shape index (κ2) is 4.94. The highest BCUT2D eigenvalue weighted by Crippen LogP contribution is 2.32. The molecule has 1 aliphatic heterocycles. The van der Waals surface area contributed by atoms with Crippen molar-refractivity contribution in [3.63, 3.8) is 0 Å². The number of esters is 1. The number of hydrogen-bond donors (Lipinski definition) is 1. The average Bonchev–Trinajstić information content (AvgIpc) is 2.18. The number of hydrogen-bond acceptors (Lipinski definition) is 4. The quantitative estimate of drug-likeness (QED) is 0.706. The Balaban J connectivity index is 2.63. The normalized spacial score (nSPS) is 31.7. The molecule has 0 amide bonds. The van der Waals surface area contributed by atoms with Crippen LogP contribution in [0.5, 0.6) is 0 Å². The lowest BCUT2D eigenvalue weighted by Gasteiger charge is -2.39. The third kappa shape index (κ3) is 2.92. The number of nitrogens with zero attached hydrogens (tertiary/aromatic N) is 1. The summed E-state index contributed by atoms with van der Waals surface area (Å²) >= 11 is 0. The molecule has 88 valence electrons. The number of piperidine rings is 1. The summed E-state index contributed by atoms with van der Waals surface area (Å²) in [6, 6.07) is 0. The molecule has 4 heteroatoms. The lowest BCUT2D eigenvalue weighted by Crippen LogP contribution is -2.52. The predicted molar refractivity (Wildman–Crippen MR) is 59.5 cm³/mol. The summed E-state index contributed by atoms with van der Waals surface area (Å²) in [5.41, 5.74) is -0.323. The van der Waals surface area contributed by atoms with Gasteiger partial charge in [-0.15, -0.1) is 0 Å². The molecule has 1 heterocycles. The summed E-state index contributed by atoms with van der Waals surface area (Å²) in [5, 5.41) is 3.39. The molecule has 0 aromatic rings. The highest BCUT2D eigenvalue weighted by Gasteiger charge is 2.40. The minimum atomic E-state index is -0.323. The summed E-state index contributed by atoms with van der Waals surface area (Å²) in [6.45, 7) is 5.20. The van der Waals surface area contributed by atoms with Crippen molar-refractivity contribution >= 4 is 5.97 Å². The first-order valence-corrected chi connectivity index (χ1v) is 5.56. The molecule has 0 aromatic carbocycles. The maximum absolute atomic E-state index is 11.8. The third-order valence-corrected chi connectivity index (χ3v) is 3.09. The summed E-state index contributed by atoms with van der Waals surface area (Å²) in [6.07, 6.45) is 1.95. The Morgan fingerprint density at radius 2 is 2.27 bits per heavy atom. The van der Waals surface area contributed by atoms with E-state index in [-0.39, 0.29) is 17.6 Å². The molecule has 15 heavy (non-hydrogen) atoms. The number of rotatable bonds is 3. The van der Waals surface area contributed by atoms with Gasteiger partial charge in [0, 0.05) is 0 Å². The van der Waals surface area contributed by atoms with E-state index < -0.39 is 0 Å². The Kier molecular flexibility index (Phi) is 4.11. The molecular weight excluding hydrogens is 192 g/mol. The second-order valence-corrected chi connectivity index (χ2v) is 4.67. The van der Waals surface area contributed by atoms with Gasteiger partial charge in [0.2, 0.25) is 0 Å². The monoisotopic (exact) mass is 214 g/mol. The molecule has 4 nitrogen and oxygen atoms in total. The van der Waals surface area contributed by atoms with Gasteiger partial charge in [0.25, 0.3) is 0 Å². The highest BCUT2D eigenvalue weighted by atomic mass is 16.5. The van der Waals surface area contributed by atoms with Gasteiger partial charge in [0.15, 0.2) is 0 Å². The topological polar surface area (TPSA) is 41.6 Å². The van der Waals surface area contributed by atoms with Crippen LogP contribution in [-0.2, 0) is 9.53 Å². The number of nitrogens with one attached hydrogen (secondary N) is 1. The van der Waals surface area contributed by atoms with Gasteiger partial charge in [-0.3, -0.25) is 9.69 Å². The zero-order valence-electron chi connectivity index (χ0n) is 10.2. The minimum absolute atomic E-state index is 0.0571. The molecule has 0 aliphatic carbocycles. The third-order valence-electron chi connectivity index (χ3n) is 3.09. The summed E-state index contributed by atoms with van der Waals surface area (Å²) < 4.78 is 5.13. The zero-order chi connectivity index (χ0) is 11.5. The van der Waals surface area contributed by atoms with Crippen molar-refractivity contribution in [2.45, 2.75) is 32.9 Å². The van der Waals surface area contributed by atoms with E-state index in [2.05, 4.69) is 10.2 Å². The van der Waals surface area contributed by atoms with Crippen LogP contribution in [0.2, 0.25) is 0 Å². The first-order valence-electron chi connectivity index (χ1n) is 5.56. The number of carbonyl (C=O) groups excluding carboxylic acids is 1. The molecule has 2 atom stereocenters. The van der Waals surface area contributed by atoms with Crippen LogP contribution in [0.25, 0.3) is 0 Å². The fourth-order valence-corrected chi connectivity index (χ4v) is 1.97. The fourth-order valence-electron chi connectivity index (χ4n) is 1.97. The molecular formula is C11H22N2O2. The maximum atomic E-state index is 11.8. The van der Waals surface area contributed by atoms with Crippen molar-refractivity contribution < 1.29 is 9.53 Å². The molecule has 0 radical (unpaired) electrons. The van der Waals surface area contributed by atoms with Gasteiger partial charge >= 0.3 is 5.97 Å². The SMILES string of the molecule is CCOC(=O)C1(C)CCNC(N(C)C)C1. The molecule has 0 aromatic heterocycles. The van der Waals surface area contributed by atoms with E-state index in [0.717, 1.165) is 19.4 Å². The van der Waals surface area contributed by atoms with E-state index in [1.807, 2.05) is 27.9 Å². The van der Waals surface area contributed by atoms with Crippen molar-refractivity contribution in [3.8, 4) is 0 Å². The van der Waals surface area contributed by atoms with Gasteiger partial charge < -0.3 is 10.1 Å². The Bertz CT molecular complexity index is 231. The van der Waals surface area contributed by atoms with E-state index in [0.29, 0.717) is 6.61 Å². The average molecular weight is 214 g/mol. The van der Waals surface area contributed by atoms with Crippen LogP contribution in [0.4, 0.5) is 0 Å². The van der Waals surface area contributed by atoms with Crippen LogP contribution in [-0.4, -0.2) is 44.3 Å². The van der Waals surface area contributed by atoms with Gasteiger partial charge in [-0.1, -0.05) is 0 Å². The predicted octanol–water partition coefficient (Wildman–Crippen LogP) is 0.827. The molecule has 1 aliphatic rings. The largest absolute Gasteiger partial charge is 0.466 e. The van der Waals surface area contributed by atoms with E-state index in [4.69, 9.17) is 4.74 Å². The van der Waals surface area contributed by atoms with Gasteiger partial charge in [0.1, 0.15) is 0 Å². The number of ether oxygens (including phenoxy) is 1. The minimum Gasteiger partial charge on any atom is -0.466 e. The Labute approximate surface area is 92.0 Å². The van der Waals surface area contributed by atoms with E-state index in [9.17, 15) is 4.79 Å². The van der Waals surface area contributed by atoms with Crippen LogP contribution in [0.15, 0.2) is 0 Å². The molecule has 0 spiro atoms. The van der Waals surface area contributed by atoms with Crippen LogP contribution >= 0.6 is 0 Å². The van der Waals surface area contributed by atoms with Gasteiger partial charge in [-0.25, -0.2) is 0 Å². The Morgan fingerprint density at radius 1 is 1.60 bits per heavy atom. The summed E-state index contributed by atoms with van der Waals surface area (Å²) in [4.78, 5) is 13.9. The van der Waals surface area contributed by atoms with Crippen LogP contribution in [0.1, 0.15) is 26.7 Å². The lowest BCUT2D eigenvalue weighted by atomic mass is 9.79. The molecule has 1 rings (SSSR count). The van der Waals surface area contributed by atoms with Crippen molar-refractivity contribution in [2.75, 3.05) is 27.2 Å². The van der Waals surface area contributed by atoms with E-state index in [1.54, 1.807) is 0 Å².